The van der Waals surface area contributed by atoms with Crippen LogP contribution in [-0.2, 0) is 0 Å². The van der Waals surface area contributed by atoms with Crippen LogP contribution in [0.15, 0.2) is 0 Å². The molecule has 1 N–H and O–H groups in total. The molecular formula is C10H15NaO. The van der Waals surface area contributed by atoms with E-state index < -0.39 is 11.0 Å². The molecule has 0 atom stereocenters. The predicted octanol–water partition coefficient (Wildman–Crippen LogP) is -1.37. The average Bonchev–Trinajstić information content (AvgIpc) is 1.90. The summed E-state index contributed by atoms with van der Waals surface area (Å²) in [4.78, 5) is 0. The molecule has 0 saturated heterocycles. The molecule has 0 heterocycles. The second-order valence-corrected chi connectivity index (χ2v) is 3.33. The van der Waals surface area contributed by atoms with Gasteiger partial charge in [0.05, 0.1) is 11.0 Å². The van der Waals surface area contributed by atoms with E-state index in [1.165, 1.54) is 0 Å². The number of hydrogen-bond acceptors (Lipinski definition) is 1. The molecule has 2 heteroatoms. The minimum Gasteiger partial charge on any atom is -0.697 e. The summed E-state index contributed by atoms with van der Waals surface area (Å²) in [6.45, 7) is 7.11. The fourth-order valence-corrected chi connectivity index (χ4v) is 0.177. The summed E-state index contributed by atoms with van der Waals surface area (Å²) in [5, 5.41) is 9.40. The Balaban J connectivity index is -0.000000249. The van der Waals surface area contributed by atoms with Gasteiger partial charge in [-0.15, -0.1) is 6.42 Å². The van der Waals surface area contributed by atoms with Gasteiger partial charge in [0.15, 0.2) is 0 Å². The van der Waals surface area contributed by atoms with Gasteiger partial charge in [-0.1, -0.05) is 5.92 Å². The maximum atomic E-state index is 9.40. The van der Waals surface area contributed by atoms with Crippen LogP contribution in [0.1, 0.15) is 27.7 Å². The molecule has 12 heavy (non-hydrogen) atoms. The van der Waals surface area contributed by atoms with Gasteiger partial charge in [0.25, 0.3) is 0 Å². The van der Waals surface area contributed by atoms with Crippen molar-refractivity contribution in [2.45, 2.75) is 33.3 Å². The van der Waals surface area contributed by atoms with Crippen molar-refractivity contribution >= 4 is 0 Å². The number of aliphatic hydroxyl groups is 1. The molecule has 62 valence electrons. The van der Waals surface area contributed by atoms with Crippen molar-refractivity contribution < 1.29 is 34.7 Å². The van der Waals surface area contributed by atoms with E-state index in [1.807, 2.05) is 13.8 Å². The fraction of sp³-hybridized carbons (Fsp3) is 0.600. The maximum Gasteiger partial charge on any atom is 1.00 e. The van der Waals surface area contributed by atoms with Crippen molar-refractivity contribution in [1.29, 1.82) is 0 Å². The average molecular weight is 174 g/mol. The molecule has 0 aromatic carbocycles. The van der Waals surface area contributed by atoms with Crippen LogP contribution >= 0.6 is 0 Å². The Morgan fingerprint density at radius 1 is 1.17 bits per heavy atom. The van der Waals surface area contributed by atoms with Gasteiger partial charge >= 0.3 is 29.6 Å². The molecule has 0 saturated carbocycles. The zero-order valence-corrected chi connectivity index (χ0v) is 10.6. The first-order chi connectivity index (χ1) is 4.81. The quantitative estimate of drug-likeness (QED) is 0.295. The Bertz CT molecular complexity index is 167. The van der Waals surface area contributed by atoms with Crippen molar-refractivity contribution in [3.05, 3.63) is 6.42 Å². The Kier molecular flexibility index (Phi) is 9.86. The molecule has 0 bridgehead atoms. The summed E-state index contributed by atoms with van der Waals surface area (Å²) in [5.74, 6) is 2.53. The molecule has 0 aromatic rings. The number of hydrogen-bond donors (Lipinski definition) is 1. The normalized spacial score (nSPS) is 9.83. The molecule has 0 amide bonds. The standard InChI is InChI=1S/C8H14O.C2H.Na/c1-6-7(2,3)8(4,5)9;1-2;/h1,9H,2-5H3;1H;/q;-1;+1. The Hall–Kier alpha value is 0.0800. The van der Waals surface area contributed by atoms with Gasteiger partial charge in [0, 0.05) is 0 Å². The van der Waals surface area contributed by atoms with Crippen LogP contribution in [0.5, 0.6) is 0 Å². The van der Waals surface area contributed by atoms with E-state index in [-0.39, 0.29) is 29.6 Å². The van der Waals surface area contributed by atoms with E-state index in [4.69, 9.17) is 12.8 Å². The zero-order chi connectivity index (χ0) is 9.71. The smallest absolute Gasteiger partial charge is 0.697 e. The Labute approximate surface area is 98.2 Å². The summed E-state index contributed by atoms with van der Waals surface area (Å²) >= 11 is 0. The van der Waals surface area contributed by atoms with E-state index in [0.717, 1.165) is 0 Å². The van der Waals surface area contributed by atoms with Crippen LogP contribution in [0.2, 0.25) is 0 Å². The summed E-state index contributed by atoms with van der Waals surface area (Å²) in [6.07, 6.45) is 14.2. The first kappa shape index (κ1) is 18.0. The van der Waals surface area contributed by atoms with E-state index in [2.05, 4.69) is 12.3 Å². The largest absolute Gasteiger partial charge is 1.00 e. The number of rotatable bonds is 1. The zero-order valence-electron chi connectivity index (χ0n) is 8.60. The minimum atomic E-state index is -0.790. The van der Waals surface area contributed by atoms with Crippen molar-refractivity contribution in [3.63, 3.8) is 0 Å². The molecule has 0 radical (unpaired) electrons. The van der Waals surface area contributed by atoms with Crippen LogP contribution in [0.4, 0.5) is 0 Å². The van der Waals surface area contributed by atoms with Gasteiger partial charge < -0.3 is 18.0 Å². The second kappa shape index (κ2) is 6.58. The Morgan fingerprint density at radius 2 is 1.42 bits per heavy atom. The van der Waals surface area contributed by atoms with Crippen LogP contribution < -0.4 is 29.6 Å². The van der Waals surface area contributed by atoms with Crippen LogP contribution in [0.3, 0.4) is 0 Å². The molecular weight excluding hydrogens is 159 g/mol. The third-order valence-corrected chi connectivity index (χ3v) is 1.89. The van der Waals surface area contributed by atoms with Crippen molar-refractivity contribution in [2.75, 3.05) is 0 Å². The van der Waals surface area contributed by atoms with Gasteiger partial charge in [0.2, 0.25) is 0 Å². The minimum absolute atomic E-state index is 0. The van der Waals surface area contributed by atoms with Gasteiger partial charge in [-0.2, -0.15) is 0 Å². The molecule has 0 aromatic heterocycles. The predicted molar refractivity (Wildman–Crippen MR) is 47.1 cm³/mol. The summed E-state index contributed by atoms with van der Waals surface area (Å²) in [6, 6.07) is 0. The van der Waals surface area contributed by atoms with E-state index in [0.29, 0.717) is 0 Å². The second-order valence-electron chi connectivity index (χ2n) is 3.33. The summed E-state index contributed by atoms with van der Waals surface area (Å²) in [5.41, 5.74) is -1.23. The molecule has 1 nitrogen and oxygen atoms in total. The van der Waals surface area contributed by atoms with Gasteiger partial charge in [-0.25, -0.2) is 0 Å². The molecule has 0 aliphatic carbocycles. The molecule has 0 aliphatic rings. The summed E-state index contributed by atoms with van der Waals surface area (Å²) in [7, 11) is 0. The van der Waals surface area contributed by atoms with Crippen molar-refractivity contribution in [3.8, 4) is 18.8 Å². The van der Waals surface area contributed by atoms with E-state index in [1.54, 1.807) is 13.8 Å². The first-order valence-corrected chi connectivity index (χ1v) is 3.30. The van der Waals surface area contributed by atoms with Crippen LogP contribution in [0, 0.1) is 30.6 Å². The monoisotopic (exact) mass is 174 g/mol. The van der Waals surface area contributed by atoms with Gasteiger partial charge in [0.1, 0.15) is 0 Å². The molecule has 0 fully saturated rings. The molecule has 0 spiro atoms. The van der Waals surface area contributed by atoms with Gasteiger partial charge in [-0.05, 0) is 27.7 Å². The summed E-state index contributed by atoms with van der Waals surface area (Å²) < 4.78 is 0. The third kappa shape index (κ3) is 5.70. The van der Waals surface area contributed by atoms with Gasteiger partial charge in [-0.3, -0.25) is 0 Å². The SMILES string of the molecule is C#CC(C)(C)C(C)(C)O.[C-]#C.[Na+]. The van der Waals surface area contributed by atoms with Crippen LogP contribution in [0.25, 0.3) is 0 Å². The first-order valence-electron chi connectivity index (χ1n) is 3.30. The molecule has 0 unspecified atom stereocenters. The van der Waals surface area contributed by atoms with Crippen molar-refractivity contribution in [1.82, 2.24) is 0 Å². The molecule has 0 aliphatic heterocycles. The Morgan fingerprint density at radius 3 is 1.42 bits per heavy atom. The number of terminal acetylenes is 2. The molecule has 0 rings (SSSR count). The van der Waals surface area contributed by atoms with Crippen molar-refractivity contribution in [2.24, 2.45) is 5.41 Å². The third-order valence-electron chi connectivity index (χ3n) is 1.89. The fourth-order valence-electron chi connectivity index (χ4n) is 0.177. The van der Waals surface area contributed by atoms with Crippen LogP contribution in [-0.4, -0.2) is 10.7 Å². The topological polar surface area (TPSA) is 20.2 Å². The van der Waals surface area contributed by atoms with E-state index in [9.17, 15) is 5.11 Å². The maximum absolute atomic E-state index is 9.40. The van der Waals surface area contributed by atoms with E-state index >= 15 is 0 Å².